The fourth-order valence-corrected chi connectivity index (χ4v) is 5.30. The van der Waals surface area contributed by atoms with Crippen molar-refractivity contribution < 1.29 is 4.79 Å². The lowest BCUT2D eigenvalue weighted by atomic mass is 10.0. The minimum atomic E-state index is -0.0958. The fraction of sp³-hybridized carbons (Fsp3) is 0.435. The van der Waals surface area contributed by atoms with E-state index in [0.29, 0.717) is 24.8 Å². The molecule has 1 aliphatic carbocycles. The summed E-state index contributed by atoms with van der Waals surface area (Å²) in [5, 5.41) is 10.7. The number of aromatic nitrogens is 3. The van der Waals surface area contributed by atoms with Gasteiger partial charge in [0.15, 0.2) is 5.69 Å². The summed E-state index contributed by atoms with van der Waals surface area (Å²) >= 11 is 1.55. The highest BCUT2D eigenvalue weighted by Gasteiger charge is 2.32. The third-order valence-corrected chi connectivity index (χ3v) is 7.06. The zero-order chi connectivity index (χ0) is 20.3. The van der Waals surface area contributed by atoms with Gasteiger partial charge >= 0.3 is 0 Å². The molecular weight excluding hydrogens is 394 g/mol. The van der Waals surface area contributed by atoms with Crippen LogP contribution in [-0.2, 0) is 26.1 Å². The number of carbonyl (C=O) groups excluding carboxylic acids is 1. The molecule has 0 atom stereocenters. The summed E-state index contributed by atoms with van der Waals surface area (Å²) < 4.78 is 2.05. The maximum Gasteiger partial charge on any atom is 0.272 e. The molecule has 7 heteroatoms. The Morgan fingerprint density at radius 1 is 1.20 bits per heavy atom. The highest BCUT2D eigenvalue weighted by molar-refractivity contribution is 7.09. The average molecular weight is 422 g/mol. The topological polar surface area (TPSA) is 63.1 Å². The van der Waals surface area contributed by atoms with Crippen molar-refractivity contribution in [3.05, 3.63) is 69.4 Å². The van der Waals surface area contributed by atoms with Crippen molar-refractivity contribution in [1.29, 1.82) is 0 Å². The van der Waals surface area contributed by atoms with Gasteiger partial charge in [0, 0.05) is 48.4 Å². The molecule has 0 radical (unpaired) electrons. The molecule has 1 N–H and O–H groups in total. The number of amides is 1. The Kier molecular flexibility index (Phi) is 5.64. The molecule has 1 aromatic carbocycles. The number of nitrogens with one attached hydrogen (secondary N) is 1. The van der Waals surface area contributed by atoms with Gasteiger partial charge in [0.25, 0.3) is 5.91 Å². The predicted octanol–water partition coefficient (Wildman–Crippen LogP) is 3.62. The maximum atomic E-state index is 13.1. The van der Waals surface area contributed by atoms with E-state index in [0.717, 1.165) is 30.1 Å². The Balaban J connectivity index is 1.41. The Morgan fingerprint density at radius 2 is 2.03 bits per heavy atom. The number of rotatable bonds is 6. The predicted molar refractivity (Wildman–Crippen MR) is 117 cm³/mol. The van der Waals surface area contributed by atoms with E-state index in [2.05, 4.69) is 44.1 Å². The number of hydrogen-bond acceptors (Lipinski definition) is 5. The zero-order valence-electron chi connectivity index (χ0n) is 17.1. The van der Waals surface area contributed by atoms with Crippen LogP contribution in [0, 0.1) is 0 Å². The molecular formula is C23H27N5OS. The van der Waals surface area contributed by atoms with Crippen LogP contribution in [0.1, 0.15) is 58.0 Å². The molecule has 1 amide bonds. The van der Waals surface area contributed by atoms with Gasteiger partial charge in [-0.2, -0.15) is 5.10 Å². The van der Waals surface area contributed by atoms with Gasteiger partial charge in [-0.25, -0.2) is 4.98 Å². The van der Waals surface area contributed by atoms with E-state index in [9.17, 15) is 4.79 Å². The quantitative estimate of drug-likeness (QED) is 0.660. The normalized spacial score (nSPS) is 17.2. The second kappa shape index (κ2) is 8.70. The number of fused-ring (bicyclic) bond motifs is 1. The van der Waals surface area contributed by atoms with Gasteiger partial charge in [0.05, 0.1) is 13.1 Å². The molecule has 30 heavy (non-hydrogen) atoms. The van der Waals surface area contributed by atoms with Gasteiger partial charge in [-0.3, -0.25) is 14.4 Å². The molecule has 0 unspecified atom stereocenters. The lowest BCUT2D eigenvalue weighted by Crippen LogP contribution is -2.38. The van der Waals surface area contributed by atoms with Crippen molar-refractivity contribution in [3.8, 4) is 0 Å². The van der Waals surface area contributed by atoms with E-state index in [1.807, 2.05) is 11.4 Å². The Morgan fingerprint density at radius 3 is 2.80 bits per heavy atom. The highest BCUT2D eigenvalue weighted by Crippen LogP contribution is 2.30. The van der Waals surface area contributed by atoms with Gasteiger partial charge < -0.3 is 5.32 Å². The summed E-state index contributed by atoms with van der Waals surface area (Å²) in [5.74, 6) is -0.0958. The minimum absolute atomic E-state index is 0.0958. The summed E-state index contributed by atoms with van der Waals surface area (Å²) in [5.41, 5.74) is 4.11. The molecule has 0 bridgehead atoms. The molecule has 1 saturated carbocycles. The van der Waals surface area contributed by atoms with E-state index >= 15 is 0 Å². The van der Waals surface area contributed by atoms with E-state index in [1.165, 1.54) is 36.9 Å². The SMILES string of the molecule is O=C(NCc1nccs1)c1nn(Cc2ccccc2)c2c1CN(C1CCCC1)CC2. The number of thiazole rings is 1. The van der Waals surface area contributed by atoms with Crippen LogP contribution >= 0.6 is 11.3 Å². The van der Waals surface area contributed by atoms with Crippen LogP contribution in [0.2, 0.25) is 0 Å². The first-order chi connectivity index (χ1) is 14.8. The Labute approximate surface area is 180 Å². The number of carbonyl (C=O) groups is 1. The lowest BCUT2D eigenvalue weighted by Gasteiger charge is -2.32. The lowest BCUT2D eigenvalue weighted by molar-refractivity contribution is 0.0941. The molecule has 2 aliphatic rings. The van der Waals surface area contributed by atoms with Crippen LogP contribution in [0.5, 0.6) is 0 Å². The van der Waals surface area contributed by atoms with Crippen molar-refractivity contribution in [2.75, 3.05) is 6.54 Å². The molecule has 5 rings (SSSR count). The van der Waals surface area contributed by atoms with Gasteiger partial charge in [0.2, 0.25) is 0 Å². The van der Waals surface area contributed by atoms with E-state index in [4.69, 9.17) is 5.10 Å². The first kappa shape index (κ1) is 19.5. The summed E-state index contributed by atoms with van der Waals surface area (Å²) in [6, 6.07) is 11.0. The highest BCUT2D eigenvalue weighted by atomic mass is 32.1. The van der Waals surface area contributed by atoms with Crippen molar-refractivity contribution in [2.24, 2.45) is 0 Å². The number of benzene rings is 1. The molecule has 3 aromatic rings. The van der Waals surface area contributed by atoms with Crippen LogP contribution in [0.15, 0.2) is 41.9 Å². The second-order valence-electron chi connectivity index (χ2n) is 8.18. The first-order valence-electron chi connectivity index (χ1n) is 10.8. The zero-order valence-corrected chi connectivity index (χ0v) is 17.9. The van der Waals surface area contributed by atoms with E-state index in [-0.39, 0.29) is 5.91 Å². The van der Waals surface area contributed by atoms with Gasteiger partial charge in [-0.1, -0.05) is 43.2 Å². The summed E-state index contributed by atoms with van der Waals surface area (Å²) in [6.45, 7) is 3.03. The molecule has 3 heterocycles. The Hall–Kier alpha value is -2.51. The smallest absolute Gasteiger partial charge is 0.272 e. The van der Waals surface area contributed by atoms with Gasteiger partial charge in [0.1, 0.15) is 5.01 Å². The molecule has 0 saturated heterocycles. The van der Waals surface area contributed by atoms with Crippen molar-refractivity contribution in [1.82, 2.24) is 25.0 Å². The third kappa shape index (κ3) is 4.04. The van der Waals surface area contributed by atoms with Gasteiger partial charge in [-0.15, -0.1) is 11.3 Å². The number of hydrogen-bond donors (Lipinski definition) is 1. The average Bonchev–Trinajstić information content (AvgIpc) is 3.54. The number of nitrogens with zero attached hydrogens (tertiary/aromatic N) is 4. The monoisotopic (exact) mass is 421 g/mol. The van der Waals surface area contributed by atoms with Crippen LogP contribution in [-0.4, -0.2) is 38.2 Å². The van der Waals surface area contributed by atoms with Gasteiger partial charge in [-0.05, 0) is 18.4 Å². The van der Waals surface area contributed by atoms with Crippen molar-refractivity contribution in [2.45, 2.75) is 57.8 Å². The second-order valence-corrected chi connectivity index (χ2v) is 9.16. The first-order valence-corrected chi connectivity index (χ1v) is 11.7. The molecule has 156 valence electrons. The summed E-state index contributed by atoms with van der Waals surface area (Å²) in [4.78, 5) is 19.9. The van der Waals surface area contributed by atoms with Crippen LogP contribution < -0.4 is 5.32 Å². The van der Waals surface area contributed by atoms with Crippen LogP contribution in [0.3, 0.4) is 0 Å². The standard InChI is InChI=1S/C23H27N5OS/c29-23(25-14-21-24-11-13-30-21)22-19-16-27(18-8-4-5-9-18)12-10-20(19)28(26-22)15-17-6-2-1-3-7-17/h1-3,6-7,11,13,18H,4-5,8-10,12,14-16H2,(H,25,29). The van der Waals surface area contributed by atoms with Crippen LogP contribution in [0.25, 0.3) is 0 Å². The minimum Gasteiger partial charge on any atom is -0.344 e. The molecule has 6 nitrogen and oxygen atoms in total. The largest absolute Gasteiger partial charge is 0.344 e. The molecule has 1 aliphatic heterocycles. The molecule has 0 spiro atoms. The van der Waals surface area contributed by atoms with E-state index in [1.54, 1.807) is 17.5 Å². The van der Waals surface area contributed by atoms with E-state index < -0.39 is 0 Å². The molecule has 2 aromatic heterocycles. The van der Waals surface area contributed by atoms with Crippen LogP contribution in [0.4, 0.5) is 0 Å². The third-order valence-electron chi connectivity index (χ3n) is 6.28. The summed E-state index contributed by atoms with van der Waals surface area (Å²) in [6.07, 6.45) is 7.91. The summed E-state index contributed by atoms with van der Waals surface area (Å²) in [7, 11) is 0. The maximum absolute atomic E-state index is 13.1. The fourth-order valence-electron chi connectivity index (χ4n) is 4.74. The Bertz CT molecular complexity index is 992. The van der Waals surface area contributed by atoms with Crippen molar-refractivity contribution >= 4 is 17.2 Å². The molecule has 1 fully saturated rings. The van der Waals surface area contributed by atoms with Crippen molar-refractivity contribution in [3.63, 3.8) is 0 Å².